The molecule has 0 aromatic carbocycles. The van der Waals surface area contributed by atoms with Gasteiger partial charge >= 0.3 is 0 Å². The summed E-state index contributed by atoms with van der Waals surface area (Å²) in [6.45, 7) is 5.86. The van der Waals surface area contributed by atoms with Crippen LogP contribution < -0.4 is 5.73 Å². The predicted molar refractivity (Wildman–Crippen MR) is 73.2 cm³/mol. The highest BCUT2D eigenvalue weighted by Crippen LogP contribution is 2.41. The molecule has 2 N–H and O–H groups in total. The van der Waals surface area contributed by atoms with Gasteiger partial charge in [-0.05, 0) is 38.8 Å². The van der Waals surface area contributed by atoms with Gasteiger partial charge in [-0.3, -0.25) is 9.69 Å². The van der Waals surface area contributed by atoms with Crippen LogP contribution in [0.25, 0.3) is 0 Å². The summed E-state index contributed by atoms with van der Waals surface area (Å²) in [5.41, 5.74) is 5.59. The highest BCUT2D eigenvalue weighted by atomic mass is 16.2. The lowest BCUT2D eigenvalue weighted by molar-refractivity contribution is -0.145. The fraction of sp³-hybridized carbons (Fsp3) is 0.929. The zero-order valence-electron chi connectivity index (χ0n) is 11.8. The van der Waals surface area contributed by atoms with E-state index in [2.05, 4.69) is 11.8 Å². The van der Waals surface area contributed by atoms with Gasteiger partial charge in [0.15, 0.2) is 0 Å². The maximum Gasteiger partial charge on any atom is 0.229 e. The summed E-state index contributed by atoms with van der Waals surface area (Å²) in [7, 11) is 1.95. The van der Waals surface area contributed by atoms with Crippen LogP contribution in [0, 0.1) is 5.41 Å². The van der Waals surface area contributed by atoms with Crippen molar-refractivity contribution in [1.29, 1.82) is 0 Å². The maximum absolute atomic E-state index is 12.5. The van der Waals surface area contributed by atoms with Gasteiger partial charge in [-0.2, -0.15) is 0 Å². The molecule has 4 heteroatoms. The van der Waals surface area contributed by atoms with E-state index in [0.717, 1.165) is 32.4 Å². The number of carbonyl (C=O) groups excluding carboxylic acids is 1. The molecule has 1 unspecified atom stereocenters. The van der Waals surface area contributed by atoms with Gasteiger partial charge in [0, 0.05) is 26.2 Å². The quantitative estimate of drug-likeness (QED) is 0.797. The largest absolute Gasteiger partial charge is 0.344 e. The lowest BCUT2D eigenvalue weighted by atomic mass is 9.68. The van der Waals surface area contributed by atoms with Crippen molar-refractivity contribution >= 4 is 5.91 Å². The topological polar surface area (TPSA) is 49.6 Å². The number of nitrogens with two attached hydrogens (primary N) is 1. The number of likely N-dealkylation sites (tertiary alicyclic amines) is 1. The third-order valence-electron chi connectivity index (χ3n) is 4.89. The van der Waals surface area contributed by atoms with Crippen LogP contribution in [-0.4, -0.2) is 55.0 Å². The number of rotatable bonds is 5. The van der Waals surface area contributed by atoms with Crippen LogP contribution >= 0.6 is 0 Å². The van der Waals surface area contributed by atoms with Gasteiger partial charge < -0.3 is 10.6 Å². The van der Waals surface area contributed by atoms with E-state index in [1.807, 2.05) is 11.9 Å². The third kappa shape index (κ3) is 2.41. The molecule has 2 fully saturated rings. The number of hydrogen-bond donors (Lipinski definition) is 1. The van der Waals surface area contributed by atoms with E-state index >= 15 is 0 Å². The zero-order chi connectivity index (χ0) is 13.2. The molecular formula is C14H27N3O. The molecule has 4 nitrogen and oxygen atoms in total. The summed E-state index contributed by atoms with van der Waals surface area (Å²) in [5, 5.41) is 0. The Morgan fingerprint density at radius 3 is 2.67 bits per heavy atom. The molecule has 0 radical (unpaired) electrons. The molecule has 2 aliphatic rings. The molecule has 0 spiro atoms. The Balaban J connectivity index is 1.91. The lowest BCUT2D eigenvalue weighted by Crippen LogP contribution is -2.53. The summed E-state index contributed by atoms with van der Waals surface area (Å²) in [4.78, 5) is 16.9. The lowest BCUT2D eigenvalue weighted by Gasteiger charge is -2.42. The smallest absolute Gasteiger partial charge is 0.229 e. The van der Waals surface area contributed by atoms with Crippen molar-refractivity contribution < 1.29 is 4.79 Å². The molecule has 1 aliphatic carbocycles. The van der Waals surface area contributed by atoms with Crippen molar-refractivity contribution in [1.82, 2.24) is 9.80 Å². The fourth-order valence-electron chi connectivity index (χ4n) is 3.43. The number of likely N-dealkylation sites (N-methyl/N-ethyl adjacent to an activating group) is 2. The van der Waals surface area contributed by atoms with Crippen LogP contribution in [0.1, 0.15) is 39.0 Å². The Morgan fingerprint density at radius 1 is 1.44 bits per heavy atom. The molecular weight excluding hydrogens is 226 g/mol. The first-order valence-corrected chi connectivity index (χ1v) is 7.32. The summed E-state index contributed by atoms with van der Waals surface area (Å²) < 4.78 is 0. The molecule has 0 bridgehead atoms. The zero-order valence-corrected chi connectivity index (χ0v) is 11.8. The Bertz CT molecular complexity index is 296. The predicted octanol–water partition coefficient (Wildman–Crippen LogP) is 1.06. The van der Waals surface area contributed by atoms with E-state index in [4.69, 9.17) is 5.73 Å². The minimum absolute atomic E-state index is 0.218. The van der Waals surface area contributed by atoms with Gasteiger partial charge in [0.25, 0.3) is 0 Å². The van der Waals surface area contributed by atoms with Crippen molar-refractivity contribution in [2.45, 2.75) is 45.1 Å². The van der Waals surface area contributed by atoms with E-state index in [9.17, 15) is 4.79 Å². The van der Waals surface area contributed by atoms with E-state index in [-0.39, 0.29) is 11.3 Å². The van der Waals surface area contributed by atoms with E-state index < -0.39 is 0 Å². The van der Waals surface area contributed by atoms with Crippen LogP contribution in [0.4, 0.5) is 0 Å². The third-order valence-corrected chi connectivity index (χ3v) is 4.89. The minimum Gasteiger partial charge on any atom is -0.344 e. The second-order valence-corrected chi connectivity index (χ2v) is 5.95. The Morgan fingerprint density at radius 2 is 2.17 bits per heavy atom. The first kappa shape index (κ1) is 13.8. The van der Waals surface area contributed by atoms with Gasteiger partial charge in [0.1, 0.15) is 0 Å². The van der Waals surface area contributed by atoms with Crippen LogP contribution in [0.5, 0.6) is 0 Å². The number of hydrogen-bond acceptors (Lipinski definition) is 3. The second kappa shape index (κ2) is 5.57. The van der Waals surface area contributed by atoms with Crippen molar-refractivity contribution in [3.8, 4) is 0 Å². The van der Waals surface area contributed by atoms with E-state index in [0.29, 0.717) is 12.6 Å². The number of nitrogens with zero attached hydrogens (tertiary/aromatic N) is 2. The van der Waals surface area contributed by atoms with Gasteiger partial charge in [-0.15, -0.1) is 0 Å². The van der Waals surface area contributed by atoms with Gasteiger partial charge in [-0.25, -0.2) is 0 Å². The first-order valence-electron chi connectivity index (χ1n) is 7.32. The second-order valence-electron chi connectivity index (χ2n) is 5.95. The van der Waals surface area contributed by atoms with Crippen LogP contribution in [0.15, 0.2) is 0 Å². The van der Waals surface area contributed by atoms with Crippen molar-refractivity contribution in [2.75, 3.05) is 33.2 Å². The first-order chi connectivity index (χ1) is 8.63. The molecule has 1 aliphatic heterocycles. The van der Waals surface area contributed by atoms with Crippen molar-refractivity contribution in [2.24, 2.45) is 11.1 Å². The standard InChI is InChI=1S/C14H27N3O/c1-3-17-9-4-6-12(17)10-16(2)13(18)14(11-15)7-5-8-14/h12H,3-11,15H2,1-2H3. The molecule has 1 saturated heterocycles. The molecule has 0 aromatic heterocycles. The van der Waals surface area contributed by atoms with Crippen molar-refractivity contribution in [3.05, 3.63) is 0 Å². The number of carbonyl (C=O) groups is 1. The normalized spacial score (nSPS) is 26.9. The summed E-state index contributed by atoms with van der Waals surface area (Å²) >= 11 is 0. The summed E-state index contributed by atoms with van der Waals surface area (Å²) in [5.74, 6) is 0.277. The Kier molecular flexibility index (Phi) is 4.28. The molecule has 0 aromatic rings. The van der Waals surface area contributed by atoms with Gasteiger partial charge in [0.05, 0.1) is 5.41 Å². The van der Waals surface area contributed by atoms with Gasteiger partial charge in [0.2, 0.25) is 5.91 Å². The van der Waals surface area contributed by atoms with Crippen LogP contribution in [-0.2, 0) is 4.79 Å². The molecule has 1 atom stereocenters. The molecule has 1 heterocycles. The Hall–Kier alpha value is -0.610. The fourth-order valence-corrected chi connectivity index (χ4v) is 3.43. The average Bonchev–Trinajstić information content (AvgIpc) is 2.75. The average molecular weight is 253 g/mol. The molecule has 1 saturated carbocycles. The van der Waals surface area contributed by atoms with Crippen LogP contribution in [0.3, 0.4) is 0 Å². The van der Waals surface area contributed by atoms with Gasteiger partial charge in [-0.1, -0.05) is 13.3 Å². The molecule has 2 rings (SSSR count). The molecule has 18 heavy (non-hydrogen) atoms. The Labute approximate surface area is 110 Å². The summed E-state index contributed by atoms with van der Waals surface area (Å²) in [6, 6.07) is 0.554. The minimum atomic E-state index is -0.218. The number of amides is 1. The van der Waals surface area contributed by atoms with Crippen molar-refractivity contribution in [3.63, 3.8) is 0 Å². The van der Waals surface area contributed by atoms with E-state index in [1.165, 1.54) is 19.4 Å². The SMILES string of the molecule is CCN1CCCC1CN(C)C(=O)C1(CN)CCC1. The maximum atomic E-state index is 12.5. The molecule has 1 amide bonds. The highest BCUT2D eigenvalue weighted by molar-refractivity contribution is 5.83. The summed E-state index contributed by atoms with van der Waals surface area (Å²) in [6.07, 6.45) is 5.61. The highest BCUT2D eigenvalue weighted by Gasteiger charge is 2.44. The molecule has 104 valence electrons. The van der Waals surface area contributed by atoms with Crippen LogP contribution in [0.2, 0.25) is 0 Å². The monoisotopic (exact) mass is 253 g/mol. The van der Waals surface area contributed by atoms with E-state index in [1.54, 1.807) is 0 Å².